The number of halogens is 1. The lowest BCUT2D eigenvalue weighted by Crippen LogP contribution is -2.08. The van der Waals surface area contributed by atoms with Gasteiger partial charge in [0.2, 0.25) is 5.95 Å². The third kappa shape index (κ3) is 2.04. The first-order valence-electron chi connectivity index (χ1n) is 3.91. The summed E-state index contributed by atoms with van der Waals surface area (Å²) in [6.45, 7) is 1.84. The second-order valence-corrected chi connectivity index (χ2v) is 2.38. The van der Waals surface area contributed by atoms with Crippen LogP contribution in [0, 0.1) is 17.3 Å². The van der Waals surface area contributed by atoms with E-state index in [1.54, 1.807) is 13.0 Å². The molecule has 0 amide bonds. The molecule has 5 heteroatoms. The number of pyridine rings is 1. The summed E-state index contributed by atoms with van der Waals surface area (Å²) in [5, 5.41) is 8.61. The Hall–Kier alpha value is -1.96. The van der Waals surface area contributed by atoms with Crippen LogP contribution >= 0.6 is 0 Å². The molecule has 14 heavy (non-hydrogen) atoms. The van der Waals surface area contributed by atoms with Gasteiger partial charge >= 0.3 is 5.97 Å². The lowest BCUT2D eigenvalue weighted by Gasteiger charge is -2.02. The Morgan fingerprint density at radius 3 is 3.07 bits per heavy atom. The van der Waals surface area contributed by atoms with Crippen LogP contribution in [0.4, 0.5) is 4.39 Å². The molecular formula is C9H7FN2O2. The summed E-state index contributed by atoms with van der Waals surface area (Å²) in [6.07, 6.45) is 0.992. The smallest absolute Gasteiger partial charge is 0.341 e. The lowest BCUT2D eigenvalue weighted by molar-refractivity contribution is 0.0525. The zero-order valence-electron chi connectivity index (χ0n) is 7.45. The van der Waals surface area contributed by atoms with Crippen LogP contribution in [0.15, 0.2) is 12.3 Å². The highest BCUT2D eigenvalue weighted by atomic mass is 19.1. The molecule has 0 unspecified atom stereocenters. The van der Waals surface area contributed by atoms with Gasteiger partial charge in [-0.25, -0.2) is 9.78 Å². The van der Waals surface area contributed by atoms with Gasteiger partial charge in [-0.1, -0.05) is 0 Å². The molecule has 0 saturated heterocycles. The zero-order chi connectivity index (χ0) is 10.6. The van der Waals surface area contributed by atoms with E-state index in [-0.39, 0.29) is 17.7 Å². The third-order valence-electron chi connectivity index (χ3n) is 1.49. The first-order valence-corrected chi connectivity index (χ1v) is 3.91. The summed E-state index contributed by atoms with van der Waals surface area (Å²) in [5.74, 6) is -1.47. The summed E-state index contributed by atoms with van der Waals surface area (Å²) in [5.41, 5.74) is -0.0910. The highest BCUT2D eigenvalue weighted by molar-refractivity contribution is 5.91. The van der Waals surface area contributed by atoms with Crippen LogP contribution < -0.4 is 0 Å². The van der Waals surface area contributed by atoms with Crippen LogP contribution in [0.25, 0.3) is 0 Å². The van der Waals surface area contributed by atoms with Gasteiger partial charge in [0.15, 0.2) is 0 Å². The molecule has 0 atom stereocenters. The molecule has 0 fully saturated rings. The Morgan fingerprint density at radius 2 is 2.50 bits per heavy atom. The summed E-state index contributed by atoms with van der Waals surface area (Å²) in [6, 6.07) is 2.59. The number of carbonyl (C=O) groups excluding carboxylic acids is 1. The SMILES string of the molecule is CCOC(=O)c1cnc(F)cc1C#N. The van der Waals surface area contributed by atoms with Crippen LogP contribution in [-0.2, 0) is 4.74 Å². The molecule has 0 N–H and O–H groups in total. The minimum Gasteiger partial charge on any atom is -0.462 e. The molecule has 0 spiro atoms. The van der Waals surface area contributed by atoms with Gasteiger partial charge < -0.3 is 4.74 Å². The summed E-state index contributed by atoms with van der Waals surface area (Å²) in [4.78, 5) is 14.5. The second kappa shape index (κ2) is 4.33. The van der Waals surface area contributed by atoms with Gasteiger partial charge in [-0.15, -0.1) is 0 Å². The van der Waals surface area contributed by atoms with E-state index < -0.39 is 11.9 Å². The normalized spacial score (nSPS) is 9.21. The van der Waals surface area contributed by atoms with Crippen LogP contribution in [0.3, 0.4) is 0 Å². The van der Waals surface area contributed by atoms with E-state index in [9.17, 15) is 9.18 Å². The minimum absolute atomic E-state index is 0.0178. The molecule has 0 aromatic carbocycles. The lowest BCUT2D eigenvalue weighted by atomic mass is 10.1. The number of aromatic nitrogens is 1. The predicted molar refractivity (Wildman–Crippen MR) is 44.9 cm³/mol. The van der Waals surface area contributed by atoms with Crippen molar-refractivity contribution in [2.24, 2.45) is 0 Å². The van der Waals surface area contributed by atoms with E-state index in [0.29, 0.717) is 0 Å². The molecule has 72 valence electrons. The monoisotopic (exact) mass is 194 g/mol. The quantitative estimate of drug-likeness (QED) is 0.525. The van der Waals surface area contributed by atoms with E-state index in [1.807, 2.05) is 0 Å². The average Bonchev–Trinajstić information content (AvgIpc) is 2.17. The largest absolute Gasteiger partial charge is 0.462 e. The van der Waals surface area contributed by atoms with Crippen molar-refractivity contribution in [1.29, 1.82) is 5.26 Å². The first kappa shape index (κ1) is 10.1. The number of carbonyl (C=O) groups is 1. The molecular weight excluding hydrogens is 187 g/mol. The van der Waals surface area contributed by atoms with Crippen molar-refractivity contribution >= 4 is 5.97 Å². The van der Waals surface area contributed by atoms with Gasteiger partial charge in [-0.2, -0.15) is 9.65 Å². The van der Waals surface area contributed by atoms with Gasteiger partial charge in [-0.3, -0.25) is 0 Å². The van der Waals surface area contributed by atoms with Crippen molar-refractivity contribution in [3.05, 3.63) is 29.3 Å². The molecule has 1 aromatic rings. The summed E-state index contributed by atoms with van der Waals surface area (Å²) in [7, 11) is 0. The molecule has 0 radical (unpaired) electrons. The van der Waals surface area contributed by atoms with Gasteiger partial charge in [0.25, 0.3) is 0 Å². The maximum Gasteiger partial charge on any atom is 0.341 e. The number of nitriles is 1. The second-order valence-electron chi connectivity index (χ2n) is 2.38. The summed E-state index contributed by atoms with van der Waals surface area (Å²) < 4.78 is 17.2. The standard InChI is InChI=1S/C9H7FN2O2/c1-2-14-9(13)7-5-12-8(10)3-6(7)4-11/h3,5H,2H2,1H3. The van der Waals surface area contributed by atoms with Crippen molar-refractivity contribution < 1.29 is 13.9 Å². The molecule has 0 aliphatic carbocycles. The number of ether oxygens (including phenoxy) is 1. The Labute approximate surface area is 79.9 Å². The maximum absolute atomic E-state index is 12.6. The van der Waals surface area contributed by atoms with Crippen LogP contribution in [0.5, 0.6) is 0 Å². The Bertz CT molecular complexity index is 398. The molecule has 1 rings (SSSR count). The van der Waals surface area contributed by atoms with Crippen molar-refractivity contribution in [1.82, 2.24) is 4.98 Å². The highest BCUT2D eigenvalue weighted by Gasteiger charge is 2.13. The van der Waals surface area contributed by atoms with Gasteiger partial charge in [0.05, 0.1) is 17.7 Å². The maximum atomic E-state index is 12.6. The topological polar surface area (TPSA) is 63.0 Å². The Kier molecular flexibility index (Phi) is 3.13. The molecule has 0 aliphatic rings. The molecule has 4 nitrogen and oxygen atoms in total. The highest BCUT2D eigenvalue weighted by Crippen LogP contribution is 2.09. The van der Waals surface area contributed by atoms with Gasteiger partial charge in [0.1, 0.15) is 6.07 Å². The van der Waals surface area contributed by atoms with E-state index >= 15 is 0 Å². The fourth-order valence-corrected chi connectivity index (χ4v) is 0.894. The predicted octanol–water partition coefficient (Wildman–Crippen LogP) is 1.27. The fraction of sp³-hybridized carbons (Fsp3) is 0.222. The van der Waals surface area contributed by atoms with Gasteiger partial charge in [-0.05, 0) is 6.92 Å². The van der Waals surface area contributed by atoms with E-state index in [0.717, 1.165) is 12.3 Å². The molecule has 0 bridgehead atoms. The molecule has 1 aromatic heterocycles. The van der Waals surface area contributed by atoms with Crippen molar-refractivity contribution in [3.63, 3.8) is 0 Å². The van der Waals surface area contributed by atoms with E-state index in [4.69, 9.17) is 5.26 Å². The van der Waals surface area contributed by atoms with Crippen LogP contribution in [0.1, 0.15) is 22.8 Å². The number of esters is 1. The molecule has 1 heterocycles. The van der Waals surface area contributed by atoms with Crippen LogP contribution in [0.2, 0.25) is 0 Å². The van der Waals surface area contributed by atoms with Crippen molar-refractivity contribution in [2.45, 2.75) is 6.92 Å². The minimum atomic E-state index is -0.797. The third-order valence-corrected chi connectivity index (χ3v) is 1.49. The first-order chi connectivity index (χ1) is 6.69. The number of rotatable bonds is 2. The number of nitrogens with zero attached hydrogens (tertiary/aromatic N) is 2. The van der Waals surface area contributed by atoms with Crippen molar-refractivity contribution in [3.8, 4) is 6.07 Å². The van der Waals surface area contributed by atoms with E-state index in [1.165, 1.54) is 0 Å². The fourth-order valence-electron chi connectivity index (χ4n) is 0.894. The van der Waals surface area contributed by atoms with E-state index in [2.05, 4.69) is 9.72 Å². The average molecular weight is 194 g/mol. The Balaban J connectivity index is 3.09. The molecule has 0 aliphatic heterocycles. The van der Waals surface area contributed by atoms with Crippen molar-refractivity contribution in [2.75, 3.05) is 6.61 Å². The van der Waals surface area contributed by atoms with Gasteiger partial charge in [0, 0.05) is 12.3 Å². The number of hydrogen-bond donors (Lipinski definition) is 0. The Morgan fingerprint density at radius 1 is 1.79 bits per heavy atom. The summed E-state index contributed by atoms with van der Waals surface area (Å²) >= 11 is 0. The zero-order valence-corrected chi connectivity index (χ0v) is 7.45. The van der Waals surface area contributed by atoms with Crippen LogP contribution in [-0.4, -0.2) is 17.6 Å². The molecule has 0 saturated carbocycles. The number of hydrogen-bond acceptors (Lipinski definition) is 4.